The van der Waals surface area contributed by atoms with Gasteiger partial charge in [-0.2, -0.15) is 5.10 Å². The maximum absolute atomic E-state index is 15.0. The molecule has 172 valence electrons. The Bertz CT molecular complexity index is 1520. The molecule has 0 radical (unpaired) electrons. The number of benzene rings is 3. The van der Waals surface area contributed by atoms with Gasteiger partial charge in [0.25, 0.3) is 5.91 Å². The van der Waals surface area contributed by atoms with Crippen molar-refractivity contribution in [2.24, 2.45) is 4.99 Å². The first-order valence-electron chi connectivity index (χ1n) is 10.9. The first-order chi connectivity index (χ1) is 17.0. The van der Waals surface area contributed by atoms with E-state index in [1.54, 1.807) is 6.92 Å². The Hall–Kier alpha value is -4.65. The fourth-order valence-electron chi connectivity index (χ4n) is 3.81. The molecule has 2 aromatic heterocycles. The third kappa shape index (κ3) is 4.56. The summed E-state index contributed by atoms with van der Waals surface area (Å²) in [5, 5.41) is 6.85. The largest absolute Gasteiger partial charge is 0.322 e. The predicted molar refractivity (Wildman–Crippen MR) is 132 cm³/mol. The minimum Gasteiger partial charge on any atom is -0.322 e. The maximum Gasteiger partial charge on any atom is 0.259 e. The van der Waals surface area contributed by atoms with E-state index in [2.05, 4.69) is 15.4 Å². The molecule has 0 saturated heterocycles. The zero-order chi connectivity index (χ0) is 24.4. The molecule has 0 bridgehead atoms. The number of rotatable bonds is 5. The zero-order valence-electron chi connectivity index (χ0n) is 18.7. The van der Waals surface area contributed by atoms with Gasteiger partial charge in [0.05, 0.1) is 29.2 Å². The second-order valence-electron chi connectivity index (χ2n) is 8.00. The molecule has 1 amide bonds. The molecule has 35 heavy (non-hydrogen) atoms. The molecule has 2 heterocycles. The van der Waals surface area contributed by atoms with E-state index in [1.165, 1.54) is 41.2 Å². The van der Waals surface area contributed by atoms with Crippen molar-refractivity contribution < 1.29 is 13.6 Å². The molecule has 0 fully saturated rings. The van der Waals surface area contributed by atoms with Crippen LogP contribution in [0.4, 0.5) is 20.2 Å². The molecule has 0 aliphatic carbocycles. The fraction of sp³-hybridized carbons (Fsp3) is 0.0357. The lowest BCUT2D eigenvalue weighted by molar-refractivity contribution is 0.102. The summed E-state index contributed by atoms with van der Waals surface area (Å²) in [6, 6.07) is 24.6. The fourth-order valence-corrected chi connectivity index (χ4v) is 3.81. The van der Waals surface area contributed by atoms with Crippen LogP contribution in [0.1, 0.15) is 27.0 Å². The van der Waals surface area contributed by atoms with Gasteiger partial charge in [0, 0.05) is 16.8 Å². The highest BCUT2D eigenvalue weighted by Crippen LogP contribution is 2.29. The highest BCUT2D eigenvalue weighted by molar-refractivity contribution is 6.14. The summed E-state index contributed by atoms with van der Waals surface area (Å²) >= 11 is 0. The summed E-state index contributed by atoms with van der Waals surface area (Å²) in [4.78, 5) is 17.7. The number of pyridine rings is 1. The van der Waals surface area contributed by atoms with Crippen LogP contribution in [0.25, 0.3) is 5.52 Å². The number of aryl methyl sites for hydroxylation is 1. The number of aromatic nitrogens is 2. The van der Waals surface area contributed by atoms with Gasteiger partial charge in [-0.1, -0.05) is 60.7 Å². The normalized spacial score (nSPS) is 10.8. The van der Waals surface area contributed by atoms with E-state index in [-0.39, 0.29) is 11.3 Å². The quantitative estimate of drug-likeness (QED) is 0.307. The molecule has 3 aromatic carbocycles. The molecule has 0 spiro atoms. The van der Waals surface area contributed by atoms with E-state index in [4.69, 9.17) is 0 Å². The van der Waals surface area contributed by atoms with Gasteiger partial charge in [-0.15, -0.1) is 0 Å². The molecule has 0 unspecified atom stereocenters. The van der Waals surface area contributed by atoms with Crippen LogP contribution in [0.5, 0.6) is 0 Å². The molecule has 0 aliphatic rings. The van der Waals surface area contributed by atoms with Crippen molar-refractivity contribution >= 4 is 28.5 Å². The lowest BCUT2D eigenvalue weighted by atomic mass is 10.0. The van der Waals surface area contributed by atoms with Crippen molar-refractivity contribution in [2.45, 2.75) is 6.92 Å². The van der Waals surface area contributed by atoms with Gasteiger partial charge < -0.3 is 5.32 Å². The Balaban J connectivity index is 1.54. The summed E-state index contributed by atoms with van der Waals surface area (Å²) in [5.41, 5.74) is 4.05. The number of halogens is 2. The Kier molecular flexibility index (Phi) is 5.89. The van der Waals surface area contributed by atoms with Gasteiger partial charge in [-0.3, -0.25) is 4.79 Å². The number of nitrogens with one attached hydrogen (secondary N) is 1. The standard InChI is InChI=1S/C28H20F2N4O/c1-18-14-23(30)25(32-27(19-8-4-2-5-9-19)20-10-6-3-7-11-20)15-24(18)33-28(35)22-16-31-34-17-21(29)12-13-26(22)34/h2-17H,1H3,(H,33,35). The second-order valence-corrected chi connectivity index (χ2v) is 8.00. The van der Waals surface area contributed by atoms with Crippen LogP contribution in [0, 0.1) is 18.6 Å². The molecule has 0 aliphatic heterocycles. The van der Waals surface area contributed by atoms with E-state index in [1.807, 2.05) is 60.7 Å². The summed E-state index contributed by atoms with van der Waals surface area (Å²) in [7, 11) is 0. The SMILES string of the molecule is Cc1cc(F)c(N=C(c2ccccc2)c2ccccc2)cc1NC(=O)c1cnn2cc(F)ccc12. The first-order valence-corrected chi connectivity index (χ1v) is 10.9. The van der Waals surface area contributed by atoms with Crippen molar-refractivity contribution in [3.05, 3.63) is 131 Å². The number of anilines is 1. The van der Waals surface area contributed by atoms with E-state index < -0.39 is 17.5 Å². The topological polar surface area (TPSA) is 58.8 Å². The zero-order valence-corrected chi connectivity index (χ0v) is 18.7. The van der Waals surface area contributed by atoms with E-state index in [0.29, 0.717) is 22.5 Å². The average Bonchev–Trinajstić information content (AvgIpc) is 3.29. The van der Waals surface area contributed by atoms with Crippen LogP contribution >= 0.6 is 0 Å². The Morgan fingerprint density at radius 1 is 0.914 bits per heavy atom. The van der Waals surface area contributed by atoms with Crippen LogP contribution in [-0.2, 0) is 0 Å². The van der Waals surface area contributed by atoms with Gasteiger partial charge in [-0.25, -0.2) is 18.3 Å². The van der Waals surface area contributed by atoms with Crippen molar-refractivity contribution in [2.75, 3.05) is 5.32 Å². The van der Waals surface area contributed by atoms with Crippen LogP contribution < -0.4 is 5.32 Å². The number of amides is 1. The van der Waals surface area contributed by atoms with Gasteiger partial charge in [0.2, 0.25) is 0 Å². The highest BCUT2D eigenvalue weighted by atomic mass is 19.1. The van der Waals surface area contributed by atoms with Crippen LogP contribution in [-0.4, -0.2) is 21.2 Å². The lowest BCUT2D eigenvalue weighted by Crippen LogP contribution is -2.13. The van der Waals surface area contributed by atoms with Crippen LogP contribution in [0.15, 0.2) is 102 Å². The van der Waals surface area contributed by atoms with Gasteiger partial charge in [-0.05, 0) is 36.8 Å². The highest BCUT2D eigenvalue weighted by Gasteiger charge is 2.16. The van der Waals surface area contributed by atoms with Crippen molar-refractivity contribution in [1.82, 2.24) is 9.61 Å². The number of aliphatic imine (C=N–C) groups is 1. The molecule has 5 rings (SSSR count). The van der Waals surface area contributed by atoms with Crippen molar-refractivity contribution in [1.29, 1.82) is 0 Å². The number of carbonyl (C=O) groups excluding carboxylic acids is 1. The molecule has 1 N–H and O–H groups in total. The van der Waals surface area contributed by atoms with Crippen molar-refractivity contribution in [3.8, 4) is 0 Å². The van der Waals surface area contributed by atoms with E-state index in [0.717, 1.165) is 11.1 Å². The van der Waals surface area contributed by atoms with E-state index in [9.17, 15) is 9.18 Å². The maximum atomic E-state index is 15.0. The Morgan fingerprint density at radius 2 is 1.57 bits per heavy atom. The summed E-state index contributed by atoms with van der Waals surface area (Å²) < 4.78 is 29.8. The third-order valence-corrected chi connectivity index (χ3v) is 5.59. The van der Waals surface area contributed by atoms with Crippen molar-refractivity contribution in [3.63, 3.8) is 0 Å². The third-order valence-electron chi connectivity index (χ3n) is 5.59. The predicted octanol–water partition coefficient (Wildman–Crippen LogP) is 6.34. The molecule has 5 aromatic rings. The number of hydrogen-bond acceptors (Lipinski definition) is 3. The molecule has 0 atom stereocenters. The van der Waals surface area contributed by atoms with Crippen LogP contribution in [0.3, 0.4) is 0 Å². The van der Waals surface area contributed by atoms with Gasteiger partial charge >= 0.3 is 0 Å². The van der Waals surface area contributed by atoms with Crippen LogP contribution in [0.2, 0.25) is 0 Å². The first kappa shape index (κ1) is 22.2. The Labute approximate surface area is 200 Å². The molecule has 7 heteroatoms. The number of nitrogens with zero attached hydrogens (tertiary/aromatic N) is 3. The molecular weight excluding hydrogens is 446 g/mol. The summed E-state index contributed by atoms with van der Waals surface area (Å²) in [6.45, 7) is 1.70. The van der Waals surface area contributed by atoms with E-state index >= 15 is 4.39 Å². The van der Waals surface area contributed by atoms with Gasteiger partial charge in [0.1, 0.15) is 17.3 Å². The Morgan fingerprint density at radius 3 is 2.23 bits per heavy atom. The molecular formula is C28H20F2N4O. The minimum atomic E-state index is -0.503. The number of fused-ring (bicyclic) bond motifs is 1. The minimum absolute atomic E-state index is 0.0931. The average molecular weight is 466 g/mol. The number of hydrogen-bond donors (Lipinski definition) is 1. The smallest absolute Gasteiger partial charge is 0.259 e. The number of carbonyl (C=O) groups is 1. The monoisotopic (exact) mass is 466 g/mol. The second kappa shape index (κ2) is 9.30. The molecule has 5 nitrogen and oxygen atoms in total. The lowest BCUT2D eigenvalue weighted by Gasteiger charge is -2.12. The van der Waals surface area contributed by atoms with Gasteiger partial charge in [0.15, 0.2) is 0 Å². The summed E-state index contributed by atoms with van der Waals surface area (Å²) in [6.07, 6.45) is 2.56. The summed E-state index contributed by atoms with van der Waals surface area (Å²) in [5.74, 6) is -1.41. The molecule has 0 saturated carbocycles.